The summed E-state index contributed by atoms with van der Waals surface area (Å²) >= 11 is 0. The molecule has 0 radical (unpaired) electrons. The smallest absolute Gasteiger partial charge is 0.359 e. The maximum atomic E-state index is 4.39. The average Bonchev–Trinajstić information content (AvgIpc) is 3.26. The number of aromatic nitrogens is 2. The molecule has 4 heteroatoms. The van der Waals surface area contributed by atoms with Crippen LogP contribution in [0.15, 0.2) is 85.2 Å². The molecule has 0 atom stereocenters. The van der Waals surface area contributed by atoms with Crippen molar-refractivity contribution in [2.45, 2.75) is 0 Å². The quantitative estimate of drug-likeness (QED) is 0.384. The number of anilines is 2. The van der Waals surface area contributed by atoms with Crippen molar-refractivity contribution >= 4 is 45.6 Å². The Labute approximate surface area is 156 Å². The monoisotopic (exact) mass is 343 g/mol. The number of rotatable bonds is 0. The Balaban J connectivity index is 1.71. The molecule has 7 rings (SSSR count). The van der Waals surface area contributed by atoms with E-state index < -0.39 is 0 Å². The zero-order valence-corrected chi connectivity index (χ0v) is 14.5. The lowest BCUT2D eigenvalue weighted by Crippen LogP contribution is -2.51. The number of hydrogen-bond donors (Lipinski definition) is 0. The average molecular weight is 343 g/mol. The summed E-state index contributed by atoms with van der Waals surface area (Å²) < 4.78 is 2.50. The predicted molar refractivity (Wildman–Crippen MR) is 112 cm³/mol. The van der Waals surface area contributed by atoms with E-state index >= 15 is 0 Å². The minimum Gasteiger partial charge on any atom is -0.359 e. The summed E-state index contributed by atoms with van der Waals surface area (Å²) in [4.78, 5) is 6.89. The number of fused-ring (bicyclic) bond motifs is 11. The first-order valence-corrected chi connectivity index (χ1v) is 9.28. The van der Waals surface area contributed by atoms with Crippen molar-refractivity contribution in [1.29, 1.82) is 0 Å². The minimum atomic E-state index is 0.135. The second-order valence-electron chi connectivity index (χ2n) is 7.28. The van der Waals surface area contributed by atoms with Crippen LogP contribution in [0.2, 0.25) is 0 Å². The van der Waals surface area contributed by atoms with Gasteiger partial charge in [0.2, 0.25) is 0 Å². The first-order valence-electron chi connectivity index (χ1n) is 9.28. The van der Waals surface area contributed by atoms with Crippen LogP contribution in [0.3, 0.4) is 0 Å². The molecule has 2 aliphatic heterocycles. The fourth-order valence-electron chi connectivity index (χ4n) is 5.04. The topological polar surface area (TPSA) is 21.1 Å². The fraction of sp³-hybridized carbons (Fsp3) is 0. The van der Waals surface area contributed by atoms with Crippen molar-refractivity contribution in [3.63, 3.8) is 0 Å². The third-order valence-corrected chi connectivity index (χ3v) is 6.04. The Morgan fingerprint density at radius 2 is 1.52 bits per heavy atom. The summed E-state index contributed by atoms with van der Waals surface area (Å²) in [6.07, 6.45) is 3.89. The van der Waals surface area contributed by atoms with Gasteiger partial charge in [-0.15, -0.1) is 0 Å². The summed E-state index contributed by atoms with van der Waals surface area (Å²) in [5.74, 6) is 0. The van der Waals surface area contributed by atoms with Crippen molar-refractivity contribution in [2.75, 3.05) is 4.81 Å². The van der Waals surface area contributed by atoms with Crippen LogP contribution >= 0.6 is 0 Å². The first kappa shape index (κ1) is 13.6. The molecule has 27 heavy (non-hydrogen) atoms. The van der Waals surface area contributed by atoms with Crippen molar-refractivity contribution < 1.29 is 0 Å². The zero-order valence-electron chi connectivity index (χ0n) is 14.5. The molecule has 5 aromatic rings. The molecule has 0 unspecified atom stereocenters. The van der Waals surface area contributed by atoms with Gasteiger partial charge in [-0.3, -0.25) is 4.98 Å². The van der Waals surface area contributed by atoms with Crippen LogP contribution in [0.25, 0.3) is 32.9 Å². The molecule has 4 heterocycles. The van der Waals surface area contributed by atoms with Gasteiger partial charge in [-0.1, -0.05) is 54.6 Å². The Morgan fingerprint density at radius 1 is 0.704 bits per heavy atom. The van der Waals surface area contributed by atoms with Gasteiger partial charge in [-0.05, 0) is 29.2 Å². The molecule has 2 aliphatic rings. The summed E-state index contributed by atoms with van der Waals surface area (Å²) in [7, 11) is 0. The van der Waals surface area contributed by atoms with Gasteiger partial charge in [0.25, 0.3) is 0 Å². The highest BCUT2D eigenvalue weighted by molar-refractivity contribution is 6.82. The first-order chi connectivity index (χ1) is 13.4. The van der Waals surface area contributed by atoms with Crippen LogP contribution in [0.5, 0.6) is 0 Å². The van der Waals surface area contributed by atoms with Gasteiger partial charge in [0.1, 0.15) is 0 Å². The van der Waals surface area contributed by atoms with Crippen molar-refractivity contribution in [3.05, 3.63) is 85.2 Å². The molecule has 0 bridgehead atoms. The van der Waals surface area contributed by atoms with Gasteiger partial charge < -0.3 is 9.29 Å². The van der Waals surface area contributed by atoms with Crippen LogP contribution in [0.4, 0.5) is 11.4 Å². The highest BCUT2D eigenvalue weighted by Crippen LogP contribution is 2.48. The molecular formula is C23H14BN3. The molecule has 3 aromatic carbocycles. The minimum absolute atomic E-state index is 0.135. The largest absolute Gasteiger partial charge is 0.421 e. The highest BCUT2D eigenvalue weighted by atomic mass is 15.2. The van der Waals surface area contributed by atoms with Gasteiger partial charge in [-0.2, -0.15) is 0 Å². The predicted octanol–water partition coefficient (Wildman–Crippen LogP) is 4.57. The normalized spacial score (nSPS) is 13.8. The van der Waals surface area contributed by atoms with Crippen LogP contribution in [-0.4, -0.2) is 16.4 Å². The SMILES string of the molecule is c1ccc2c(c1)B1N(c3ccccc3-2)c2cccc3c4cnccc4n1c23. The Hall–Kier alpha value is -3.53. The molecular weight excluding hydrogens is 329 g/mol. The zero-order chi connectivity index (χ0) is 17.5. The van der Waals surface area contributed by atoms with Crippen molar-refractivity contribution in [3.8, 4) is 11.1 Å². The highest BCUT2D eigenvalue weighted by Gasteiger charge is 2.44. The molecule has 0 spiro atoms. The Bertz CT molecular complexity index is 1400. The standard InChI is InChI=1S/C23H14BN3/c1-3-9-19-15(6-1)16-7-2-4-10-20(16)26-22-11-5-8-17-18-14-25-13-12-21(18)27(23(17)22)24(19)26/h1-14H. The van der Waals surface area contributed by atoms with Gasteiger partial charge in [0, 0.05) is 39.9 Å². The van der Waals surface area contributed by atoms with E-state index in [1.165, 1.54) is 49.8 Å². The molecule has 0 saturated heterocycles. The maximum absolute atomic E-state index is 4.39. The Kier molecular flexibility index (Phi) is 2.32. The van der Waals surface area contributed by atoms with Crippen LogP contribution in [0.1, 0.15) is 0 Å². The van der Waals surface area contributed by atoms with E-state index in [4.69, 9.17) is 0 Å². The van der Waals surface area contributed by atoms with Crippen LogP contribution in [0, 0.1) is 0 Å². The molecule has 0 aliphatic carbocycles. The molecule has 2 aromatic heterocycles. The molecule has 0 amide bonds. The Morgan fingerprint density at radius 3 is 2.48 bits per heavy atom. The van der Waals surface area contributed by atoms with E-state index in [0.29, 0.717) is 0 Å². The lowest BCUT2D eigenvalue weighted by atomic mass is 9.60. The van der Waals surface area contributed by atoms with E-state index in [2.05, 4.69) is 87.1 Å². The van der Waals surface area contributed by atoms with Gasteiger partial charge in [0.15, 0.2) is 0 Å². The summed E-state index contributed by atoms with van der Waals surface area (Å²) in [6, 6.07) is 26.3. The third-order valence-electron chi connectivity index (χ3n) is 6.04. The van der Waals surface area contributed by atoms with Gasteiger partial charge >= 0.3 is 6.98 Å². The van der Waals surface area contributed by atoms with Crippen LogP contribution in [-0.2, 0) is 0 Å². The summed E-state index contributed by atoms with van der Waals surface area (Å²) in [5, 5.41) is 2.50. The second-order valence-corrected chi connectivity index (χ2v) is 7.28. The maximum Gasteiger partial charge on any atom is 0.421 e. The lowest BCUT2D eigenvalue weighted by Gasteiger charge is -2.34. The van der Waals surface area contributed by atoms with Gasteiger partial charge in [0.05, 0.1) is 11.2 Å². The van der Waals surface area contributed by atoms with Crippen LogP contribution < -0.4 is 10.3 Å². The number of pyridine rings is 1. The van der Waals surface area contributed by atoms with E-state index in [9.17, 15) is 0 Å². The van der Waals surface area contributed by atoms with Gasteiger partial charge in [-0.25, -0.2) is 0 Å². The number of hydrogen-bond acceptors (Lipinski definition) is 2. The summed E-state index contributed by atoms with van der Waals surface area (Å²) in [5.41, 5.74) is 9.08. The number of benzene rings is 3. The van der Waals surface area contributed by atoms with Crippen molar-refractivity contribution in [1.82, 2.24) is 9.46 Å². The third kappa shape index (κ3) is 1.49. The molecule has 0 fully saturated rings. The molecule has 0 saturated carbocycles. The fourth-order valence-corrected chi connectivity index (χ4v) is 5.04. The van der Waals surface area contributed by atoms with Crippen molar-refractivity contribution in [2.24, 2.45) is 0 Å². The second kappa shape index (κ2) is 4.60. The van der Waals surface area contributed by atoms with E-state index in [1.54, 1.807) is 0 Å². The number of para-hydroxylation sites is 2. The van der Waals surface area contributed by atoms with E-state index in [-0.39, 0.29) is 6.98 Å². The van der Waals surface area contributed by atoms with E-state index in [0.717, 1.165) is 0 Å². The van der Waals surface area contributed by atoms with E-state index in [1.807, 2.05) is 12.4 Å². The lowest BCUT2D eigenvalue weighted by molar-refractivity contribution is 1.29. The molecule has 3 nitrogen and oxygen atoms in total. The summed E-state index contributed by atoms with van der Waals surface area (Å²) in [6.45, 7) is 0.135. The number of nitrogens with zero attached hydrogens (tertiary/aromatic N) is 3. The molecule has 0 N–H and O–H groups in total. The molecule has 124 valence electrons.